The van der Waals surface area contributed by atoms with E-state index in [-0.39, 0.29) is 11.7 Å². The van der Waals surface area contributed by atoms with Crippen LogP contribution in [-0.2, 0) is 7.05 Å². The largest absolute Gasteiger partial charge is 0.455 e. The summed E-state index contributed by atoms with van der Waals surface area (Å²) in [5.74, 6) is 0.185. The molecule has 1 N–H and O–H groups in total. The Hall–Kier alpha value is -3.19. The van der Waals surface area contributed by atoms with Crippen molar-refractivity contribution in [3.63, 3.8) is 0 Å². The van der Waals surface area contributed by atoms with Crippen molar-refractivity contribution in [1.29, 1.82) is 0 Å². The van der Waals surface area contributed by atoms with E-state index >= 15 is 0 Å². The highest BCUT2D eigenvalue weighted by molar-refractivity contribution is 7.20. The normalized spacial score (nSPS) is 10.9. The van der Waals surface area contributed by atoms with Crippen LogP contribution in [0, 0.1) is 12.7 Å². The molecule has 7 heteroatoms. The minimum absolute atomic E-state index is 0.231. The Kier molecular flexibility index (Phi) is 4.37. The molecule has 0 aliphatic heterocycles. The van der Waals surface area contributed by atoms with Crippen molar-refractivity contribution in [2.75, 3.05) is 5.32 Å². The van der Waals surface area contributed by atoms with Crippen LogP contribution < -0.4 is 10.1 Å². The van der Waals surface area contributed by atoms with Gasteiger partial charge in [0, 0.05) is 18.5 Å². The molecule has 4 aromatic rings. The molecule has 2 heterocycles. The number of carbonyl (C=O) groups is 1. The van der Waals surface area contributed by atoms with Crippen molar-refractivity contribution in [2.45, 2.75) is 6.92 Å². The van der Waals surface area contributed by atoms with Crippen molar-refractivity contribution in [2.24, 2.45) is 7.05 Å². The quantitative estimate of drug-likeness (QED) is 0.533. The number of amides is 1. The molecule has 0 aliphatic rings. The Bertz CT molecular complexity index is 1110. The van der Waals surface area contributed by atoms with Gasteiger partial charge in [0.05, 0.1) is 16.3 Å². The van der Waals surface area contributed by atoms with Gasteiger partial charge in [-0.15, -0.1) is 11.3 Å². The minimum Gasteiger partial charge on any atom is -0.455 e. The molecule has 2 aromatic heterocycles. The summed E-state index contributed by atoms with van der Waals surface area (Å²) in [6.45, 7) is 1.92. The summed E-state index contributed by atoms with van der Waals surface area (Å²) in [5, 5.41) is 8.19. The lowest BCUT2D eigenvalue weighted by molar-refractivity contribution is 0.103. The van der Waals surface area contributed by atoms with Crippen LogP contribution in [0.5, 0.6) is 11.5 Å². The van der Waals surface area contributed by atoms with E-state index in [9.17, 15) is 9.18 Å². The molecule has 4 rings (SSSR count). The lowest BCUT2D eigenvalue weighted by Gasteiger charge is -2.11. The van der Waals surface area contributed by atoms with E-state index in [1.807, 2.05) is 20.0 Å². The molecule has 136 valence electrons. The Morgan fingerprint density at radius 1 is 1.19 bits per heavy atom. The number of ether oxygens (including phenoxy) is 1. The summed E-state index contributed by atoms with van der Waals surface area (Å²) in [7, 11) is 1.86. The van der Waals surface area contributed by atoms with Gasteiger partial charge in [-0.2, -0.15) is 5.10 Å². The van der Waals surface area contributed by atoms with Crippen molar-refractivity contribution in [3.8, 4) is 11.5 Å². The van der Waals surface area contributed by atoms with Crippen LogP contribution in [0.2, 0.25) is 0 Å². The standard InChI is InChI=1S/C20H16FN3O2S/c1-12-15-11-18(27-20(15)24(2)23-12)19(25)22-16-8-3-4-9-17(16)26-14-7-5-6-13(21)10-14/h3-11H,1-2H3,(H,22,25). The third-order valence-corrected chi connectivity index (χ3v) is 5.28. The number of hydrogen-bond acceptors (Lipinski definition) is 4. The minimum atomic E-state index is -0.386. The van der Waals surface area contributed by atoms with Crippen LogP contribution in [0.1, 0.15) is 15.4 Å². The Balaban J connectivity index is 1.60. The van der Waals surface area contributed by atoms with E-state index < -0.39 is 0 Å². The SMILES string of the molecule is Cc1nn(C)c2sc(C(=O)Nc3ccccc3Oc3cccc(F)c3)cc12. The lowest BCUT2D eigenvalue weighted by Crippen LogP contribution is -2.11. The van der Waals surface area contributed by atoms with Crippen LogP contribution in [-0.4, -0.2) is 15.7 Å². The van der Waals surface area contributed by atoms with Gasteiger partial charge in [-0.3, -0.25) is 9.48 Å². The van der Waals surface area contributed by atoms with Gasteiger partial charge in [0.25, 0.3) is 5.91 Å². The number of aryl methyl sites for hydroxylation is 2. The maximum Gasteiger partial charge on any atom is 0.265 e. The number of para-hydroxylation sites is 2. The number of anilines is 1. The zero-order chi connectivity index (χ0) is 19.0. The van der Waals surface area contributed by atoms with Crippen LogP contribution in [0.4, 0.5) is 10.1 Å². The highest BCUT2D eigenvalue weighted by atomic mass is 32.1. The van der Waals surface area contributed by atoms with Gasteiger partial charge in [-0.1, -0.05) is 18.2 Å². The second kappa shape index (κ2) is 6.85. The fourth-order valence-electron chi connectivity index (χ4n) is 2.82. The number of halogens is 1. The number of benzene rings is 2. The molecule has 0 unspecified atom stereocenters. The van der Waals surface area contributed by atoms with E-state index in [1.54, 1.807) is 41.1 Å². The van der Waals surface area contributed by atoms with Gasteiger partial charge >= 0.3 is 0 Å². The zero-order valence-electron chi connectivity index (χ0n) is 14.7. The third-order valence-electron chi connectivity index (χ3n) is 4.08. The zero-order valence-corrected chi connectivity index (χ0v) is 15.5. The fraction of sp³-hybridized carbons (Fsp3) is 0.100. The van der Waals surface area contributed by atoms with E-state index in [1.165, 1.54) is 23.5 Å². The molecular formula is C20H16FN3O2S. The highest BCUT2D eigenvalue weighted by Gasteiger charge is 2.16. The average molecular weight is 381 g/mol. The third kappa shape index (κ3) is 3.41. The van der Waals surface area contributed by atoms with Crippen molar-refractivity contribution >= 4 is 33.1 Å². The molecule has 0 saturated carbocycles. The lowest BCUT2D eigenvalue weighted by atomic mass is 10.2. The molecule has 0 spiro atoms. The monoisotopic (exact) mass is 381 g/mol. The number of fused-ring (bicyclic) bond motifs is 1. The second-order valence-electron chi connectivity index (χ2n) is 6.05. The van der Waals surface area contributed by atoms with E-state index in [4.69, 9.17) is 4.74 Å². The summed E-state index contributed by atoms with van der Waals surface area (Å²) in [5.41, 5.74) is 1.40. The number of nitrogens with zero attached hydrogens (tertiary/aromatic N) is 2. The summed E-state index contributed by atoms with van der Waals surface area (Å²) in [6.07, 6.45) is 0. The predicted octanol–water partition coefficient (Wildman–Crippen LogP) is 5.13. The molecular weight excluding hydrogens is 365 g/mol. The van der Waals surface area contributed by atoms with Crippen molar-refractivity contribution in [3.05, 3.63) is 71.0 Å². The molecule has 0 fully saturated rings. The van der Waals surface area contributed by atoms with Gasteiger partial charge < -0.3 is 10.1 Å². The first-order valence-electron chi connectivity index (χ1n) is 8.28. The maximum atomic E-state index is 13.4. The topological polar surface area (TPSA) is 56.2 Å². The summed E-state index contributed by atoms with van der Waals surface area (Å²) in [6, 6.07) is 14.8. The van der Waals surface area contributed by atoms with Gasteiger partial charge in [0.15, 0.2) is 5.75 Å². The number of rotatable bonds is 4. The number of carbonyl (C=O) groups excluding carboxylic acids is 1. The smallest absolute Gasteiger partial charge is 0.265 e. The van der Waals surface area contributed by atoms with Crippen LogP contribution >= 0.6 is 11.3 Å². The Morgan fingerprint density at radius 3 is 2.78 bits per heavy atom. The maximum absolute atomic E-state index is 13.4. The summed E-state index contributed by atoms with van der Waals surface area (Å²) in [4.78, 5) is 14.2. The average Bonchev–Trinajstić information content (AvgIpc) is 3.19. The fourth-order valence-corrected chi connectivity index (χ4v) is 3.84. The van der Waals surface area contributed by atoms with Crippen molar-refractivity contribution in [1.82, 2.24) is 9.78 Å². The number of hydrogen-bond donors (Lipinski definition) is 1. The number of nitrogens with one attached hydrogen (secondary N) is 1. The number of aromatic nitrogens is 2. The van der Waals surface area contributed by atoms with E-state index in [0.29, 0.717) is 22.1 Å². The molecule has 1 amide bonds. The van der Waals surface area contributed by atoms with Crippen LogP contribution in [0.15, 0.2) is 54.6 Å². The molecule has 27 heavy (non-hydrogen) atoms. The van der Waals surface area contributed by atoms with E-state index in [2.05, 4.69) is 10.4 Å². The molecule has 2 aromatic carbocycles. The second-order valence-corrected chi connectivity index (χ2v) is 7.08. The van der Waals surface area contributed by atoms with Crippen LogP contribution in [0.25, 0.3) is 10.2 Å². The van der Waals surface area contributed by atoms with Gasteiger partial charge in [0.1, 0.15) is 16.4 Å². The molecule has 0 radical (unpaired) electrons. The molecule has 0 saturated heterocycles. The van der Waals surface area contributed by atoms with Gasteiger partial charge in [0.2, 0.25) is 0 Å². The first-order valence-corrected chi connectivity index (χ1v) is 9.10. The molecule has 0 atom stereocenters. The van der Waals surface area contributed by atoms with Gasteiger partial charge in [-0.05, 0) is 37.3 Å². The highest BCUT2D eigenvalue weighted by Crippen LogP contribution is 2.32. The Labute approximate surface area is 159 Å². The Morgan fingerprint density at radius 2 is 2.00 bits per heavy atom. The molecule has 0 aliphatic carbocycles. The first-order chi connectivity index (χ1) is 13.0. The summed E-state index contributed by atoms with van der Waals surface area (Å²) >= 11 is 1.38. The molecule has 0 bridgehead atoms. The summed E-state index contributed by atoms with van der Waals surface area (Å²) < 4.78 is 20.9. The van der Waals surface area contributed by atoms with Crippen LogP contribution in [0.3, 0.4) is 0 Å². The van der Waals surface area contributed by atoms with Crippen molar-refractivity contribution < 1.29 is 13.9 Å². The predicted molar refractivity (Wildman–Crippen MR) is 104 cm³/mol. The van der Waals surface area contributed by atoms with E-state index in [0.717, 1.165) is 15.9 Å². The number of thiophene rings is 1. The van der Waals surface area contributed by atoms with Gasteiger partial charge in [-0.25, -0.2) is 4.39 Å². The molecule has 5 nitrogen and oxygen atoms in total. The first kappa shape index (κ1) is 17.2.